The van der Waals surface area contributed by atoms with Gasteiger partial charge in [0.2, 0.25) is 5.95 Å². The van der Waals surface area contributed by atoms with Gasteiger partial charge in [-0.1, -0.05) is 6.92 Å². The van der Waals surface area contributed by atoms with E-state index in [-0.39, 0.29) is 0 Å². The fourth-order valence-corrected chi connectivity index (χ4v) is 2.67. The molecule has 2 heterocycles. The van der Waals surface area contributed by atoms with E-state index in [2.05, 4.69) is 28.7 Å². The molecule has 0 aromatic carbocycles. The first-order valence-corrected chi connectivity index (χ1v) is 6.73. The van der Waals surface area contributed by atoms with Crippen LogP contribution >= 0.6 is 0 Å². The number of nitrogens with two attached hydrogens (primary N) is 2. The number of nitrogen functional groups attached to an aromatic ring is 1. The van der Waals surface area contributed by atoms with Gasteiger partial charge in [0.1, 0.15) is 5.82 Å². The molecule has 0 amide bonds. The van der Waals surface area contributed by atoms with E-state index in [0.29, 0.717) is 11.9 Å². The van der Waals surface area contributed by atoms with Crippen molar-refractivity contribution in [3.8, 4) is 0 Å². The Hall–Kier alpha value is -1.36. The van der Waals surface area contributed by atoms with Crippen molar-refractivity contribution in [3.05, 3.63) is 11.3 Å². The Morgan fingerprint density at radius 2 is 2.17 bits per heavy atom. The number of rotatable bonds is 3. The van der Waals surface area contributed by atoms with Crippen LogP contribution in [0.3, 0.4) is 0 Å². The maximum atomic E-state index is 5.80. The lowest BCUT2D eigenvalue weighted by molar-refractivity contribution is 0.421. The molecule has 0 bridgehead atoms. The monoisotopic (exact) mass is 249 g/mol. The van der Waals surface area contributed by atoms with Gasteiger partial charge < -0.3 is 16.4 Å². The number of hydrogen-bond acceptors (Lipinski definition) is 5. The van der Waals surface area contributed by atoms with Gasteiger partial charge in [0, 0.05) is 18.7 Å². The molecule has 5 heteroatoms. The molecule has 2 rings (SSSR count). The minimum atomic E-state index is 0.377. The van der Waals surface area contributed by atoms with Gasteiger partial charge in [0.05, 0.1) is 5.69 Å². The molecule has 1 saturated heterocycles. The zero-order valence-corrected chi connectivity index (χ0v) is 11.3. The molecule has 4 N–H and O–H groups in total. The predicted molar refractivity (Wildman–Crippen MR) is 74.6 cm³/mol. The first-order valence-electron chi connectivity index (χ1n) is 6.73. The maximum absolute atomic E-state index is 5.80. The molecule has 0 saturated carbocycles. The normalized spacial score (nSPS) is 20.2. The molecule has 1 fully saturated rings. The second-order valence-corrected chi connectivity index (χ2v) is 5.02. The maximum Gasteiger partial charge on any atom is 0.222 e. The quantitative estimate of drug-likeness (QED) is 0.838. The third-order valence-electron chi connectivity index (χ3n) is 3.72. The summed E-state index contributed by atoms with van der Waals surface area (Å²) in [5.41, 5.74) is 13.8. The van der Waals surface area contributed by atoms with Crippen LogP contribution in [0.2, 0.25) is 0 Å². The third kappa shape index (κ3) is 2.56. The largest absolute Gasteiger partial charge is 0.368 e. The summed E-state index contributed by atoms with van der Waals surface area (Å²) >= 11 is 0. The van der Waals surface area contributed by atoms with E-state index >= 15 is 0 Å². The first kappa shape index (κ1) is 13.1. The van der Waals surface area contributed by atoms with Crippen molar-refractivity contribution in [3.63, 3.8) is 0 Å². The van der Waals surface area contributed by atoms with Gasteiger partial charge in [-0.3, -0.25) is 0 Å². The van der Waals surface area contributed by atoms with Gasteiger partial charge >= 0.3 is 0 Å². The molecule has 0 unspecified atom stereocenters. The van der Waals surface area contributed by atoms with Crippen LogP contribution in [-0.2, 0) is 6.42 Å². The molecule has 1 aliphatic rings. The summed E-state index contributed by atoms with van der Waals surface area (Å²) in [4.78, 5) is 11.0. The van der Waals surface area contributed by atoms with E-state index in [1.165, 1.54) is 12.8 Å². The van der Waals surface area contributed by atoms with Crippen molar-refractivity contribution in [2.45, 2.75) is 33.1 Å². The number of piperidine rings is 1. The standard InChI is InChI=1S/C13H23N5/c1-3-11-9(2)12(17-13(15)16-11)18-6-4-5-10(7-14)8-18/h10H,3-8,14H2,1-2H3,(H2,15,16,17)/t10-/m0/s1. The number of aromatic nitrogens is 2. The van der Waals surface area contributed by atoms with Crippen molar-refractivity contribution in [2.24, 2.45) is 11.7 Å². The molecule has 0 spiro atoms. The fourth-order valence-electron chi connectivity index (χ4n) is 2.67. The molecule has 1 aliphatic heterocycles. The second kappa shape index (κ2) is 5.52. The fraction of sp³-hybridized carbons (Fsp3) is 0.692. The van der Waals surface area contributed by atoms with Crippen molar-refractivity contribution >= 4 is 11.8 Å². The number of nitrogens with zero attached hydrogens (tertiary/aromatic N) is 3. The van der Waals surface area contributed by atoms with E-state index in [1.807, 2.05) is 0 Å². The van der Waals surface area contributed by atoms with Crippen molar-refractivity contribution in [1.29, 1.82) is 0 Å². The van der Waals surface area contributed by atoms with E-state index in [1.54, 1.807) is 0 Å². The summed E-state index contributed by atoms with van der Waals surface area (Å²) in [6, 6.07) is 0. The summed E-state index contributed by atoms with van der Waals surface area (Å²) in [6.07, 6.45) is 3.28. The van der Waals surface area contributed by atoms with Crippen LogP contribution in [0.5, 0.6) is 0 Å². The highest BCUT2D eigenvalue weighted by atomic mass is 15.2. The van der Waals surface area contributed by atoms with Gasteiger partial charge in [0.15, 0.2) is 0 Å². The molecule has 0 radical (unpaired) electrons. The highest BCUT2D eigenvalue weighted by Crippen LogP contribution is 2.26. The van der Waals surface area contributed by atoms with Crippen molar-refractivity contribution in [1.82, 2.24) is 9.97 Å². The lowest BCUT2D eigenvalue weighted by Gasteiger charge is -2.34. The molecule has 1 aromatic heterocycles. The summed E-state index contributed by atoms with van der Waals surface area (Å²) in [7, 11) is 0. The van der Waals surface area contributed by atoms with E-state index < -0.39 is 0 Å². The van der Waals surface area contributed by atoms with Gasteiger partial charge in [-0.2, -0.15) is 4.98 Å². The van der Waals surface area contributed by atoms with Gasteiger partial charge in [0.25, 0.3) is 0 Å². The number of anilines is 2. The van der Waals surface area contributed by atoms with Crippen LogP contribution < -0.4 is 16.4 Å². The Morgan fingerprint density at radius 1 is 1.39 bits per heavy atom. The van der Waals surface area contributed by atoms with Gasteiger partial charge in [-0.25, -0.2) is 4.98 Å². The summed E-state index contributed by atoms with van der Waals surface area (Å²) in [5.74, 6) is 1.94. The van der Waals surface area contributed by atoms with Crippen molar-refractivity contribution in [2.75, 3.05) is 30.3 Å². The van der Waals surface area contributed by atoms with E-state index in [4.69, 9.17) is 11.5 Å². The Morgan fingerprint density at radius 3 is 2.83 bits per heavy atom. The highest BCUT2D eigenvalue weighted by Gasteiger charge is 2.22. The zero-order chi connectivity index (χ0) is 13.1. The highest BCUT2D eigenvalue weighted by molar-refractivity contribution is 5.51. The van der Waals surface area contributed by atoms with Crippen LogP contribution in [0.25, 0.3) is 0 Å². The predicted octanol–water partition coefficient (Wildman–Crippen LogP) is 1.10. The van der Waals surface area contributed by atoms with Crippen molar-refractivity contribution < 1.29 is 0 Å². The van der Waals surface area contributed by atoms with Gasteiger partial charge in [-0.05, 0) is 38.6 Å². The molecule has 1 atom stereocenters. The minimum Gasteiger partial charge on any atom is -0.368 e. The van der Waals surface area contributed by atoms with E-state index in [9.17, 15) is 0 Å². The molecule has 1 aromatic rings. The van der Waals surface area contributed by atoms with Crippen LogP contribution in [0.4, 0.5) is 11.8 Å². The Kier molecular flexibility index (Phi) is 4.01. The third-order valence-corrected chi connectivity index (χ3v) is 3.72. The van der Waals surface area contributed by atoms with Crippen LogP contribution in [0.1, 0.15) is 31.0 Å². The topological polar surface area (TPSA) is 81.1 Å². The molecule has 5 nitrogen and oxygen atoms in total. The van der Waals surface area contributed by atoms with Crippen LogP contribution in [0.15, 0.2) is 0 Å². The lowest BCUT2D eigenvalue weighted by Crippen LogP contribution is -2.39. The minimum absolute atomic E-state index is 0.377. The second-order valence-electron chi connectivity index (χ2n) is 5.02. The Bertz CT molecular complexity index is 418. The number of aryl methyl sites for hydroxylation is 1. The number of hydrogen-bond donors (Lipinski definition) is 2. The molecular weight excluding hydrogens is 226 g/mol. The smallest absolute Gasteiger partial charge is 0.222 e. The molecule has 100 valence electrons. The average Bonchev–Trinajstić information content (AvgIpc) is 2.41. The zero-order valence-electron chi connectivity index (χ0n) is 11.3. The summed E-state index contributed by atoms with van der Waals surface area (Å²) < 4.78 is 0. The summed E-state index contributed by atoms with van der Waals surface area (Å²) in [5, 5.41) is 0. The lowest BCUT2D eigenvalue weighted by atomic mass is 9.98. The molecule has 0 aliphatic carbocycles. The SMILES string of the molecule is CCc1nc(N)nc(N2CCC[C@@H](CN)C2)c1C. The summed E-state index contributed by atoms with van der Waals surface area (Å²) in [6.45, 7) is 6.95. The van der Waals surface area contributed by atoms with Crippen LogP contribution in [-0.4, -0.2) is 29.6 Å². The average molecular weight is 249 g/mol. The molecule has 18 heavy (non-hydrogen) atoms. The first-order chi connectivity index (χ1) is 8.65. The van der Waals surface area contributed by atoms with Gasteiger partial charge in [-0.15, -0.1) is 0 Å². The van der Waals surface area contributed by atoms with E-state index in [0.717, 1.165) is 43.1 Å². The molecular formula is C13H23N5. The van der Waals surface area contributed by atoms with Crippen LogP contribution in [0, 0.1) is 12.8 Å². The Labute approximate surface area is 109 Å². The Balaban J connectivity index is 2.29.